The predicted octanol–water partition coefficient (Wildman–Crippen LogP) is 2.68. The third kappa shape index (κ3) is 3.05. The molecule has 1 aliphatic heterocycles. The Balaban J connectivity index is 1.29. The Hall–Kier alpha value is -2.80. The van der Waals surface area contributed by atoms with E-state index in [0.29, 0.717) is 6.04 Å². The van der Waals surface area contributed by atoms with E-state index < -0.39 is 0 Å². The molecule has 0 bridgehead atoms. The third-order valence-electron chi connectivity index (χ3n) is 5.95. The summed E-state index contributed by atoms with van der Waals surface area (Å²) < 4.78 is 1.98. The number of hydrogen-bond acceptors (Lipinski definition) is 5. The molecule has 2 aromatic carbocycles. The Morgan fingerprint density at radius 2 is 1.79 bits per heavy atom. The molecule has 1 amide bonds. The molecule has 1 saturated heterocycles. The molecular formula is C21H24N6O. The van der Waals surface area contributed by atoms with Gasteiger partial charge >= 0.3 is 0 Å². The first-order valence-electron chi connectivity index (χ1n) is 10.0. The Kier molecular flexibility index (Phi) is 4.31. The first-order chi connectivity index (χ1) is 13.7. The highest BCUT2D eigenvalue weighted by molar-refractivity contribution is 6.07. The topological polar surface area (TPSA) is 67.2 Å². The summed E-state index contributed by atoms with van der Waals surface area (Å²) in [5.41, 5.74) is 0.789. The standard InChI is InChI=1S/C21H24N6O/c1-15(20-22-23-24-27(20)17-9-10-17)25-11-13-26(14-12-25)21(28)19-8-4-6-16-5-2-3-7-18(16)19/h2-8,15,17H,9-14H2,1H3/t15-/m0/s1. The van der Waals surface area contributed by atoms with Crippen LogP contribution in [0.15, 0.2) is 42.5 Å². The first kappa shape index (κ1) is 17.3. The van der Waals surface area contributed by atoms with Crippen LogP contribution in [0.5, 0.6) is 0 Å². The summed E-state index contributed by atoms with van der Waals surface area (Å²) in [4.78, 5) is 17.5. The Morgan fingerprint density at radius 3 is 2.57 bits per heavy atom. The van der Waals surface area contributed by atoms with Gasteiger partial charge in [-0.2, -0.15) is 0 Å². The molecule has 2 fully saturated rings. The van der Waals surface area contributed by atoms with Crippen LogP contribution >= 0.6 is 0 Å². The van der Waals surface area contributed by atoms with Gasteiger partial charge in [0.05, 0.1) is 12.1 Å². The van der Waals surface area contributed by atoms with Gasteiger partial charge in [-0.05, 0) is 47.0 Å². The number of benzene rings is 2. The van der Waals surface area contributed by atoms with Crippen molar-refractivity contribution in [3.63, 3.8) is 0 Å². The van der Waals surface area contributed by atoms with Gasteiger partial charge in [0.15, 0.2) is 5.82 Å². The van der Waals surface area contributed by atoms with Crippen molar-refractivity contribution in [2.24, 2.45) is 0 Å². The maximum atomic E-state index is 13.1. The zero-order valence-corrected chi connectivity index (χ0v) is 16.0. The molecular weight excluding hydrogens is 352 g/mol. The van der Waals surface area contributed by atoms with E-state index in [1.165, 1.54) is 0 Å². The van der Waals surface area contributed by atoms with Gasteiger partial charge in [-0.3, -0.25) is 9.69 Å². The van der Waals surface area contributed by atoms with Gasteiger partial charge in [-0.25, -0.2) is 4.68 Å². The summed E-state index contributed by atoms with van der Waals surface area (Å²) in [6, 6.07) is 14.7. The number of amides is 1. The van der Waals surface area contributed by atoms with Crippen molar-refractivity contribution < 1.29 is 4.79 Å². The largest absolute Gasteiger partial charge is 0.336 e. The van der Waals surface area contributed by atoms with E-state index in [0.717, 1.165) is 61.2 Å². The number of carbonyl (C=O) groups excluding carboxylic acids is 1. The van der Waals surface area contributed by atoms with Gasteiger partial charge in [0.1, 0.15) is 0 Å². The number of tetrazole rings is 1. The molecule has 144 valence electrons. The molecule has 7 nitrogen and oxygen atoms in total. The SMILES string of the molecule is C[C@@H](c1nnnn1C1CC1)N1CCN(C(=O)c2cccc3ccccc23)CC1. The van der Waals surface area contributed by atoms with Crippen LogP contribution in [0.4, 0.5) is 0 Å². The van der Waals surface area contributed by atoms with Crippen LogP contribution < -0.4 is 0 Å². The molecule has 0 radical (unpaired) electrons. The molecule has 1 atom stereocenters. The summed E-state index contributed by atoms with van der Waals surface area (Å²) in [6.45, 7) is 5.26. The number of carbonyl (C=O) groups is 1. The van der Waals surface area contributed by atoms with Crippen LogP contribution in [-0.2, 0) is 0 Å². The molecule has 1 aromatic heterocycles. The number of fused-ring (bicyclic) bond motifs is 1. The van der Waals surface area contributed by atoms with Crippen LogP contribution in [0, 0.1) is 0 Å². The lowest BCUT2D eigenvalue weighted by atomic mass is 10.0. The van der Waals surface area contributed by atoms with Crippen LogP contribution in [0.3, 0.4) is 0 Å². The normalized spacial score (nSPS) is 19.1. The second kappa shape index (κ2) is 6.98. The second-order valence-corrected chi connectivity index (χ2v) is 7.74. The minimum Gasteiger partial charge on any atom is -0.336 e. The molecule has 2 heterocycles. The van der Waals surface area contributed by atoms with Crippen molar-refractivity contribution in [1.29, 1.82) is 0 Å². The van der Waals surface area contributed by atoms with Crippen molar-refractivity contribution in [3.05, 3.63) is 53.9 Å². The smallest absolute Gasteiger partial charge is 0.254 e. The van der Waals surface area contributed by atoms with Crippen LogP contribution in [-0.4, -0.2) is 62.1 Å². The lowest BCUT2D eigenvalue weighted by Crippen LogP contribution is -2.49. The predicted molar refractivity (Wildman–Crippen MR) is 106 cm³/mol. The summed E-state index contributed by atoms with van der Waals surface area (Å²) in [5.74, 6) is 1.06. The Labute approximate surface area is 163 Å². The zero-order chi connectivity index (χ0) is 19.1. The monoisotopic (exact) mass is 376 g/mol. The van der Waals surface area contributed by atoms with E-state index >= 15 is 0 Å². The molecule has 2 aliphatic rings. The average molecular weight is 376 g/mol. The lowest BCUT2D eigenvalue weighted by molar-refractivity contribution is 0.0573. The number of rotatable bonds is 4. The van der Waals surface area contributed by atoms with Crippen molar-refractivity contribution in [2.45, 2.75) is 31.8 Å². The molecule has 1 aliphatic carbocycles. The summed E-state index contributed by atoms with van der Waals surface area (Å²) in [7, 11) is 0. The molecule has 0 N–H and O–H groups in total. The third-order valence-corrected chi connectivity index (χ3v) is 5.95. The molecule has 0 unspecified atom stereocenters. The van der Waals surface area contributed by atoms with Crippen LogP contribution in [0.2, 0.25) is 0 Å². The van der Waals surface area contributed by atoms with Crippen LogP contribution in [0.25, 0.3) is 10.8 Å². The van der Waals surface area contributed by atoms with Crippen molar-refractivity contribution in [3.8, 4) is 0 Å². The fourth-order valence-electron chi connectivity index (χ4n) is 4.11. The summed E-state index contributed by atoms with van der Waals surface area (Å²) >= 11 is 0. The minimum atomic E-state index is 0.118. The van der Waals surface area contributed by atoms with Crippen molar-refractivity contribution >= 4 is 16.7 Å². The van der Waals surface area contributed by atoms with Gasteiger partial charge in [0.2, 0.25) is 0 Å². The minimum absolute atomic E-state index is 0.118. The van der Waals surface area contributed by atoms with E-state index in [1.807, 2.05) is 39.9 Å². The van der Waals surface area contributed by atoms with E-state index in [4.69, 9.17) is 0 Å². The quantitative estimate of drug-likeness (QED) is 0.700. The number of aromatic nitrogens is 4. The van der Waals surface area contributed by atoms with E-state index in [9.17, 15) is 4.79 Å². The molecule has 28 heavy (non-hydrogen) atoms. The first-order valence-corrected chi connectivity index (χ1v) is 10.0. The van der Waals surface area contributed by atoms with Gasteiger partial charge in [0, 0.05) is 31.7 Å². The number of nitrogens with zero attached hydrogens (tertiary/aromatic N) is 6. The average Bonchev–Trinajstić information content (AvgIpc) is 3.48. The fraction of sp³-hybridized carbons (Fsp3) is 0.429. The molecule has 1 saturated carbocycles. The summed E-state index contributed by atoms with van der Waals surface area (Å²) in [5, 5.41) is 14.4. The number of piperazine rings is 1. The number of hydrogen-bond donors (Lipinski definition) is 0. The van der Waals surface area contributed by atoms with Crippen molar-refractivity contribution in [1.82, 2.24) is 30.0 Å². The van der Waals surface area contributed by atoms with Crippen molar-refractivity contribution in [2.75, 3.05) is 26.2 Å². The highest BCUT2D eigenvalue weighted by Gasteiger charge is 2.33. The van der Waals surface area contributed by atoms with E-state index in [2.05, 4.69) is 39.5 Å². The van der Waals surface area contributed by atoms with Gasteiger partial charge in [-0.1, -0.05) is 36.4 Å². The van der Waals surface area contributed by atoms with E-state index in [1.54, 1.807) is 0 Å². The van der Waals surface area contributed by atoms with Gasteiger partial charge in [-0.15, -0.1) is 5.10 Å². The summed E-state index contributed by atoms with van der Waals surface area (Å²) in [6.07, 6.45) is 2.33. The highest BCUT2D eigenvalue weighted by Crippen LogP contribution is 2.36. The molecule has 7 heteroatoms. The molecule has 0 spiro atoms. The maximum Gasteiger partial charge on any atom is 0.254 e. The van der Waals surface area contributed by atoms with E-state index in [-0.39, 0.29) is 11.9 Å². The van der Waals surface area contributed by atoms with Gasteiger partial charge < -0.3 is 4.90 Å². The molecule has 3 aromatic rings. The highest BCUT2D eigenvalue weighted by atomic mass is 16.2. The Bertz CT molecular complexity index is 998. The maximum absolute atomic E-state index is 13.1. The fourth-order valence-corrected chi connectivity index (χ4v) is 4.11. The Morgan fingerprint density at radius 1 is 1.04 bits per heavy atom. The van der Waals surface area contributed by atoms with Crippen LogP contribution in [0.1, 0.15) is 48.0 Å². The van der Waals surface area contributed by atoms with Gasteiger partial charge in [0.25, 0.3) is 5.91 Å². The zero-order valence-electron chi connectivity index (χ0n) is 16.0. The lowest BCUT2D eigenvalue weighted by Gasteiger charge is -2.37. The second-order valence-electron chi connectivity index (χ2n) is 7.74. The molecule has 5 rings (SSSR count).